The summed E-state index contributed by atoms with van der Waals surface area (Å²) in [6.45, 7) is 4.09. The van der Waals surface area contributed by atoms with E-state index in [9.17, 15) is 4.79 Å². The second-order valence-electron chi connectivity index (χ2n) is 8.89. The van der Waals surface area contributed by atoms with Crippen molar-refractivity contribution in [2.24, 2.45) is 5.92 Å². The highest BCUT2D eigenvalue weighted by Crippen LogP contribution is 2.36. The van der Waals surface area contributed by atoms with E-state index >= 15 is 0 Å². The number of pyridine rings is 1. The van der Waals surface area contributed by atoms with Gasteiger partial charge in [-0.05, 0) is 61.0 Å². The molecular weight excluding hydrogens is 374 g/mol. The van der Waals surface area contributed by atoms with E-state index in [-0.39, 0.29) is 18.1 Å². The number of piperidine rings is 3. The molecule has 0 saturated carbocycles. The average molecular weight is 402 g/mol. The monoisotopic (exact) mass is 401 g/mol. The molecule has 4 aliphatic rings. The van der Waals surface area contributed by atoms with E-state index < -0.39 is 0 Å². The van der Waals surface area contributed by atoms with Gasteiger partial charge in [0, 0.05) is 37.7 Å². The fraction of sp³-hybridized carbons (Fsp3) is 0.417. The highest BCUT2D eigenvalue weighted by molar-refractivity contribution is 5.76. The Morgan fingerprint density at radius 1 is 1.07 bits per heavy atom. The first-order valence-corrected chi connectivity index (χ1v) is 11.1. The van der Waals surface area contributed by atoms with Crippen molar-refractivity contribution in [1.82, 2.24) is 24.5 Å². The van der Waals surface area contributed by atoms with Crippen molar-refractivity contribution in [3.8, 4) is 0 Å². The Bertz CT molecular complexity index is 1080. The van der Waals surface area contributed by atoms with Crippen molar-refractivity contribution in [3.05, 3.63) is 71.7 Å². The summed E-state index contributed by atoms with van der Waals surface area (Å²) in [5, 5.41) is 3.41. The molecule has 2 aromatic heterocycles. The summed E-state index contributed by atoms with van der Waals surface area (Å²) in [5.41, 5.74) is 4.61. The third-order valence-electron chi connectivity index (χ3n) is 7.24. The van der Waals surface area contributed by atoms with Crippen LogP contribution < -0.4 is 5.32 Å². The maximum Gasteiger partial charge on any atom is 0.318 e. The first kappa shape index (κ1) is 18.0. The molecule has 0 aliphatic carbocycles. The molecule has 6 heterocycles. The number of carbonyl (C=O) groups is 1. The van der Waals surface area contributed by atoms with Gasteiger partial charge in [-0.2, -0.15) is 0 Å². The molecule has 1 aromatic carbocycles. The van der Waals surface area contributed by atoms with Gasteiger partial charge in [0.2, 0.25) is 0 Å². The normalized spacial score (nSPS) is 27.8. The molecule has 3 saturated heterocycles. The number of carbonyl (C=O) groups excluding carboxylic acids is 1. The van der Waals surface area contributed by atoms with Gasteiger partial charge in [-0.25, -0.2) is 9.78 Å². The lowest BCUT2D eigenvalue weighted by molar-refractivity contribution is 0.0715. The van der Waals surface area contributed by atoms with Gasteiger partial charge in [0.1, 0.15) is 5.65 Å². The molecule has 154 valence electrons. The molecule has 30 heavy (non-hydrogen) atoms. The van der Waals surface area contributed by atoms with Crippen molar-refractivity contribution >= 4 is 11.7 Å². The van der Waals surface area contributed by atoms with E-state index in [0.717, 1.165) is 30.7 Å². The van der Waals surface area contributed by atoms with Crippen LogP contribution >= 0.6 is 0 Å². The molecule has 4 aliphatic heterocycles. The molecule has 0 radical (unpaired) electrons. The highest BCUT2D eigenvalue weighted by Gasteiger charge is 2.38. The standard InChI is InChI=1S/C24H27N5O/c30-24(26-21-16-27-11-7-18(21)8-12-27)29-13-9-17-3-1-2-4-20(17)23(29)19-5-6-22-25-10-14-28(22)15-19/h1-6,10,14-15,18,21,23H,7-9,11-13,16H2,(H,26,30)/t21-,23-/m1/s1. The third kappa shape index (κ3) is 2.98. The number of urea groups is 1. The zero-order chi connectivity index (χ0) is 20.1. The van der Waals surface area contributed by atoms with E-state index in [0.29, 0.717) is 5.92 Å². The number of nitrogens with zero attached hydrogens (tertiary/aromatic N) is 4. The molecular formula is C24H27N5O. The summed E-state index contributed by atoms with van der Waals surface area (Å²) in [7, 11) is 0. The van der Waals surface area contributed by atoms with Crippen LogP contribution in [0.2, 0.25) is 0 Å². The van der Waals surface area contributed by atoms with E-state index in [4.69, 9.17) is 0 Å². The summed E-state index contributed by atoms with van der Waals surface area (Å²) in [5.74, 6) is 0.622. The Morgan fingerprint density at radius 2 is 1.93 bits per heavy atom. The van der Waals surface area contributed by atoms with Crippen molar-refractivity contribution in [1.29, 1.82) is 0 Å². The van der Waals surface area contributed by atoms with Gasteiger partial charge in [-0.3, -0.25) is 0 Å². The lowest BCUT2D eigenvalue weighted by Crippen LogP contribution is -2.59. The Hall–Kier alpha value is -2.86. The number of hydrogen-bond acceptors (Lipinski definition) is 3. The number of hydrogen-bond donors (Lipinski definition) is 1. The molecule has 1 N–H and O–H groups in total. The summed E-state index contributed by atoms with van der Waals surface area (Å²) in [6.07, 6.45) is 9.19. The summed E-state index contributed by atoms with van der Waals surface area (Å²) in [4.78, 5) is 22.4. The maximum absolute atomic E-state index is 13.5. The molecule has 3 aromatic rings. The van der Waals surface area contributed by atoms with Crippen LogP contribution in [0.3, 0.4) is 0 Å². The highest BCUT2D eigenvalue weighted by atomic mass is 16.2. The van der Waals surface area contributed by atoms with Gasteiger partial charge in [0.15, 0.2) is 0 Å². The lowest BCUT2D eigenvalue weighted by Gasteiger charge is -2.46. The predicted molar refractivity (Wildman–Crippen MR) is 115 cm³/mol. The molecule has 2 bridgehead atoms. The van der Waals surface area contributed by atoms with Gasteiger partial charge in [0.25, 0.3) is 0 Å². The molecule has 2 atom stereocenters. The molecule has 6 heteroatoms. The van der Waals surface area contributed by atoms with Crippen molar-refractivity contribution < 1.29 is 4.79 Å². The Labute approximate surface area is 176 Å². The van der Waals surface area contributed by atoms with Crippen molar-refractivity contribution in [2.45, 2.75) is 31.3 Å². The number of rotatable bonds is 2. The Balaban J connectivity index is 1.34. The molecule has 0 spiro atoms. The summed E-state index contributed by atoms with van der Waals surface area (Å²) < 4.78 is 2.04. The smallest absolute Gasteiger partial charge is 0.318 e. The van der Waals surface area contributed by atoms with E-state index in [2.05, 4.69) is 51.7 Å². The maximum atomic E-state index is 13.5. The topological polar surface area (TPSA) is 52.9 Å². The van der Waals surface area contributed by atoms with Crippen LogP contribution in [0.5, 0.6) is 0 Å². The average Bonchev–Trinajstić information content (AvgIpc) is 3.27. The SMILES string of the molecule is O=C(N[C@@H]1CN2CCC1CC2)N1CCc2ccccc2[C@H]1c1ccc2nccn2c1. The van der Waals surface area contributed by atoms with Crippen LogP contribution in [-0.2, 0) is 6.42 Å². The molecule has 7 rings (SSSR count). The van der Waals surface area contributed by atoms with E-state index in [1.165, 1.54) is 37.1 Å². The lowest BCUT2D eigenvalue weighted by atomic mass is 9.84. The number of fused-ring (bicyclic) bond motifs is 5. The first-order valence-electron chi connectivity index (χ1n) is 11.1. The van der Waals surface area contributed by atoms with Crippen LogP contribution in [0, 0.1) is 5.92 Å². The fourth-order valence-corrected chi connectivity index (χ4v) is 5.61. The van der Waals surface area contributed by atoms with Gasteiger partial charge in [-0.15, -0.1) is 0 Å². The van der Waals surface area contributed by atoms with Gasteiger partial charge in [-0.1, -0.05) is 30.3 Å². The van der Waals surface area contributed by atoms with Crippen molar-refractivity contribution in [2.75, 3.05) is 26.2 Å². The van der Waals surface area contributed by atoms with Crippen LogP contribution in [0.25, 0.3) is 5.65 Å². The fourth-order valence-electron chi connectivity index (χ4n) is 5.61. The molecule has 6 nitrogen and oxygen atoms in total. The minimum atomic E-state index is -0.0807. The van der Waals surface area contributed by atoms with Crippen molar-refractivity contribution in [3.63, 3.8) is 0 Å². The second-order valence-corrected chi connectivity index (χ2v) is 8.89. The Morgan fingerprint density at radius 3 is 2.77 bits per heavy atom. The number of aromatic nitrogens is 2. The summed E-state index contributed by atoms with van der Waals surface area (Å²) >= 11 is 0. The predicted octanol–water partition coefficient (Wildman–Crippen LogP) is 3.09. The van der Waals surface area contributed by atoms with Crippen LogP contribution in [0.1, 0.15) is 35.6 Å². The van der Waals surface area contributed by atoms with Crippen LogP contribution in [0.15, 0.2) is 55.0 Å². The number of benzene rings is 1. The minimum absolute atomic E-state index is 0.0685. The second kappa shape index (κ2) is 7.13. The zero-order valence-electron chi connectivity index (χ0n) is 17.1. The first-order chi connectivity index (χ1) is 14.8. The number of amides is 2. The minimum Gasteiger partial charge on any atom is -0.334 e. The third-order valence-corrected chi connectivity index (χ3v) is 7.24. The van der Waals surface area contributed by atoms with E-state index in [1.807, 2.05) is 27.8 Å². The summed E-state index contributed by atoms with van der Waals surface area (Å²) in [6, 6.07) is 13.0. The molecule has 3 fully saturated rings. The van der Waals surface area contributed by atoms with Gasteiger partial charge >= 0.3 is 6.03 Å². The quantitative estimate of drug-likeness (QED) is 0.718. The molecule has 0 unspecified atom stereocenters. The molecule has 2 amide bonds. The largest absolute Gasteiger partial charge is 0.334 e. The van der Waals surface area contributed by atoms with Crippen LogP contribution in [0.4, 0.5) is 4.79 Å². The number of nitrogens with one attached hydrogen (secondary N) is 1. The van der Waals surface area contributed by atoms with E-state index in [1.54, 1.807) is 0 Å². The van der Waals surface area contributed by atoms with Crippen LogP contribution in [-0.4, -0.2) is 57.4 Å². The number of imidazole rings is 1. The Kier molecular flexibility index (Phi) is 4.27. The van der Waals surface area contributed by atoms with Gasteiger partial charge < -0.3 is 19.5 Å². The zero-order valence-corrected chi connectivity index (χ0v) is 17.1. The van der Waals surface area contributed by atoms with Gasteiger partial charge in [0.05, 0.1) is 6.04 Å².